The molecular formula is C17H24ClN5O2. The van der Waals surface area contributed by atoms with Crippen molar-refractivity contribution < 1.29 is 4.79 Å². The Kier molecular flexibility index (Phi) is 5.80. The number of rotatable bonds is 3. The average molecular weight is 366 g/mol. The molecule has 25 heavy (non-hydrogen) atoms. The molecule has 3 rings (SSSR count). The third-order valence-electron chi connectivity index (χ3n) is 4.83. The lowest BCUT2D eigenvalue weighted by molar-refractivity contribution is -0.134. The number of amides is 1. The van der Waals surface area contributed by atoms with Crippen molar-refractivity contribution in [2.24, 2.45) is 11.1 Å². The fraction of sp³-hybridized carbons (Fsp3) is 0.529. The van der Waals surface area contributed by atoms with E-state index >= 15 is 0 Å². The van der Waals surface area contributed by atoms with Gasteiger partial charge in [-0.2, -0.15) is 0 Å². The first-order valence-corrected chi connectivity index (χ1v) is 8.24. The van der Waals surface area contributed by atoms with Gasteiger partial charge in [0.1, 0.15) is 5.52 Å². The molecule has 1 unspecified atom stereocenters. The van der Waals surface area contributed by atoms with Gasteiger partial charge in [0, 0.05) is 25.6 Å². The van der Waals surface area contributed by atoms with E-state index in [0.29, 0.717) is 24.0 Å². The van der Waals surface area contributed by atoms with Crippen LogP contribution in [0, 0.1) is 5.41 Å². The molecule has 0 saturated carbocycles. The third-order valence-corrected chi connectivity index (χ3v) is 4.83. The van der Waals surface area contributed by atoms with Crippen LogP contribution in [0.15, 0.2) is 29.1 Å². The Balaban J connectivity index is 0.00000225. The van der Waals surface area contributed by atoms with Crippen LogP contribution in [0.4, 0.5) is 0 Å². The number of hydrogen-bond donors (Lipinski definition) is 1. The molecule has 8 heteroatoms. The average Bonchev–Trinajstić information content (AvgIpc) is 2.56. The second-order valence-electron chi connectivity index (χ2n) is 7.08. The largest absolute Gasteiger partial charge is 0.342 e. The zero-order valence-electron chi connectivity index (χ0n) is 14.5. The molecule has 7 nitrogen and oxygen atoms in total. The zero-order valence-corrected chi connectivity index (χ0v) is 15.3. The lowest BCUT2D eigenvalue weighted by Gasteiger charge is -2.42. The molecule has 1 aromatic carbocycles. The molecule has 1 atom stereocenters. The van der Waals surface area contributed by atoms with E-state index in [1.165, 1.54) is 4.68 Å². The molecule has 1 aliphatic heterocycles. The van der Waals surface area contributed by atoms with Crippen LogP contribution in [0.2, 0.25) is 0 Å². The maximum Gasteiger partial charge on any atom is 0.277 e. The van der Waals surface area contributed by atoms with Gasteiger partial charge in [0.05, 0.1) is 11.9 Å². The van der Waals surface area contributed by atoms with Gasteiger partial charge in [-0.3, -0.25) is 9.59 Å². The number of nitrogens with two attached hydrogens (primary N) is 1. The zero-order chi connectivity index (χ0) is 17.3. The minimum atomic E-state index is -0.214. The van der Waals surface area contributed by atoms with Crippen molar-refractivity contribution in [3.8, 4) is 0 Å². The van der Waals surface area contributed by atoms with E-state index in [9.17, 15) is 9.59 Å². The standard InChI is InChI=1S/C17H23N5O2.ClH/c1-17(2)11-21(9-7-14(17)18)15(23)8-10-22-16(24)12-5-3-4-6-13(12)19-20-22;/h3-6,14H,7-11,18H2,1-2H3;1H. The van der Waals surface area contributed by atoms with Gasteiger partial charge in [-0.1, -0.05) is 31.2 Å². The Morgan fingerprint density at radius 2 is 2.08 bits per heavy atom. The van der Waals surface area contributed by atoms with Crippen LogP contribution in [0.25, 0.3) is 10.9 Å². The highest BCUT2D eigenvalue weighted by Gasteiger charge is 2.35. The van der Waals surface area contributed by atoms with E-state index in [0.717, 1.165) is 6.42 Å². The summed E-state index contributed by atoms with van der Waals surface area (Å²) >= 11 is 0. The van der Waals surface area contributed by atoms with E-state index < -0.39 is 0 Å². The van der Waals surface area contributed by atoms with E-state index in [1.54, 1.807) is 18.2 Å². The fourth-order valence-corrected chi connectivity index (χ4v) is 3.12. The third kappa shape index (κ3) is 3.99. The van der Waals surface area contributed by atoms with Gasteiger partial charge in [0.2, 0.25) is 5.91 Å². The van der Waals surface area contributed by atoms with Crippen LogP contribution in [-0.2, 0) is 11.3 Å². The Morgan fingerprint density at radius 1 is 1.36 bits per heavy atom. The highest BCUT2D eigenvalue weighted by atomic mass is 35.5. The maximum atomic E-state index is 12.5. The number of carbonyl (C=O) groups excluding carboxylic acids is 1. The molecule has 0 radical (unpaired) electrons. The van der Waals surface area contributed by atoms with E-state index in [-0.39, 0.29) is 48.3 Å². The maximum absolute atomic E-state index is 12.5. The normalized spacial score (nSPS) is 19.5. The molecule has 0 aliphatic carbocycles. The number of piperidine rings is 1. The lowest BCUT2D eigenvalue weighted by Crippen LogP contribution is -2.54. The number of fused-ring (bicyclic) bond motifs is 1. The van der Waals surface area contributed by atoms with Crippen molar-refractivity contribution in [2.75, 3.05) is 13.1 Å². The summed E-state index contributed by atoms with van der Waals surface area (Å²) < 4.78 is 1.26. The first-order chi connectivity index (χ1) is 11.4. The lowest BCUT2D eigenvalue weighted by atomic mass is 9.79. The topological polar surface area (TPSA) is 94.1 Å². The molecule has 0 spiro atoms. The molecule has 2 heterocycles. The van der Waals surface area contributed by atoms with Gasteiger partial charge in [0.15, 0.2) is 0 Å². The van der Waals surface area contributed by atoms with Crippen molar-refractivity contribution >= 4 is 29.2 Å². The van der Waals surface area contributed by atoms with Gasteiger partial charge in [-0.05, 0) is 24.0 Å². The van der Waals surface area contributed by atoms with E-state index in [4.69, 9.17) is 5.73 Å². The van der Waals surface area contributed by atoms with Crippen LogP contribution in [0.1, 0.15) is 26.7 Å². The monoisotopic (exact) mass is 365 g/mol. The highest BCUT2D eigenvalue weighted by molar-refractivity contribution is 5.85. The molecule has 2 N–H and O–H groups in total. The summed E-state index contributed by atoms with van der Waals surface area (Å²) in [5, 5.41) is 8.48. The summed E-state index contributed by atoms with van der Waals surface area (Å²) in [4.78, 5) is 26.7. The van der Waals surface area contributed by atoms with Crippen LogP contribution >= 0.6 is 12.4 Å². The summed E-state index contributed by atoms with van der Waals surface area (Å²) in [7, 11) is 0. The quantitative estimate of drug-likeness (QED) is 0.881. The van der Waals surface area contributed by atoms with Crippen LogP contribution in [0.5, 0.6) is 0 Å². The smallest absolute Gasteiger partial charge is 0.277 e. The summed E-state index contributed by atoms with van der Waals surface area (Å²) in [6.07, 6.45) is 1.03. The number of hydrogen-bond acceptors (Lipinski definition) is 5. The number of halogens is 1. The second-order valence-corrected chi connectivity index (χ2v) is 7.08. The molecule has 0 bridgehead atoms. The van der Waals surface area contributed by atoms with Gasteiger partial charge >= 0.3 is 0 Å². The van der Waals surface area contributed by atoms with Crippen molar-refractivity contribution in [1.29, 1.82) is 0 Å². The van der Waals surface area contributed by atoms with E-state index in [2.05, 4.69) is 24.2 Å². The summed E-state index contributed by atoms with van der Waals surface area (Å²) in [5.74, 6) is 0.0248. The number of carbonyl (C=O) groups is 1. The summed E-state index contributed by atoms with van der Waals surface area (Å²) in [5.41, 5.74) is 6.37. The Labute approximate surface area is 152 Å². The van der Waals surface area contributed by atoms with Crippen molar-refractivity contribution in [1.82, 2.24) is 19.9 Å². The van der Waals surface area contributed by atoms with Gasteiger partial charge in [-0.25, -0.2) is 4.68 Å². The highest BCUT2D eigenvalue weighted by Crippen LogP contribution is 2.27. The molecule has 2 aromatic rings. The first-order valence-electron chi connectivity index (χ1n) is 8.24. The van der Waals surface area contributed by atoms with Crippen molar-refractivity contribution in [3.05, 3.63) is 34.6 Å². The van der Waals surface area contributed by atoms with Crippen LogP contribution in [0.3, 0.4) is 0 Å². The SMILES string of the molecule is CC1(C)CN(C(=O)CCn2nnc3ccccc3c2=O)CCC1N.Cl. The Bertz CT molecular complexity index is 820. The van der Waals surface area contributed by atoms with Gasteiger partial charge in [0.25, 0.3) is 5.56 Å². The number of aryl methyl sites for hydroxylation is 1. The fourth-order valence-electron chi connectivity index (χ4n) is 3.12. The predicted octanol–water partition coefficient (Wildman–Crippen LogP) is 1.19. The van der Waals surface area contributed by atoms with Crippen LogP contribution < -0.4 is 11.3 Å². The predicted molar refractivity (Wildman–Crippen MR) is 98.6 cm³/mol. The first kappa shape index (κ1) is 19.3. The number of benzene rings is 1. The molecule has 136 valence electrons. The van der Waals surface area contributed by atoms with E-state index in [1.807, 2.05) is 11.0 Å². The molecule has 1 aliphatic rings. The van der Waals surface area contributed by atoms with Crippen molar-refractivity contribution in [2.45, 2.75) is 39.3 Å². The molecular weight excluding hydrogens is 342 g/mol. The summed E-state index contributed by atoms with van der Waals surface area (Å²) in [6.45, 7) is 5.71. The molecule has 1 aromatic heterocycles. The summed E-state index contributed by atoms with van der Waals surface area (Å²) in [6, 6.07) is 7.18. The molecule has 1 amide bonds. The molecule has 1 saturated heterocycles. The van der Waals surface area contributed by atoms with Crippen LogP contribution in [-0.4, -0.2) is 44.9 Å². The Morgan fingerprint density at radius 3 is 2.80 bits per heavy atom. The van der Waals surface area contributed by atoms with Gasteiger partial charge in [-0.15, -0.1) is 17.5 Å². The number of aromatic nitrogens is 3. The number of likely N-dealkylation sites (tertiary alicyclic amines) is 1. The van der Waals surface area contributed by atoms with Crippen molar-refractivity contribution in [3.63, 3.8) is 0 Å². The van der Waals surface area contributed by atoms with Gasteiger partial charge < -0.3 is 10.6 Å². The number of nitrogens with zero attached hydrogens (tertiary/aromatic N) is 4. The minimum absolute atomic E-state index is 0. The second kappa shape index (κ2) is 7.49. The Hall–Kier alpha value is -1.99. The molecule has 1 fully saturated rings. The minimum Gasteiger partial charge on any atom is -0.342 e.